The predicted molar refractivity (Wildman–Crippen MR) is 68.6 cm³/mol. The van der Waals surface area contributed by atoms with Crippen molar-refractivity contribution in [3.8, 4) is 0 Å². The summed E-state index contributed by atoms with van der Waals surface area (Å²) < 4.78 is 18.6. The fourth-order valence-corrected chi connectivity index (χ4v) is 2.16. The van der Waals surface area contributed by atoms with E-state index in [0.717, 1.165) is 12.5 Å². The average Bonchev–Trinajstić information content (AvgIpc) is 2.75. The van der Waals surface area contributed by atoms with Gasteiger partial charge in [0.15, 0.2) is 5.78 Å². The van der Waals surface area contributed by atoms with Crippen molar-refractivity contribution in [1.29, 1.82) is 0 Å². The van der Waals surface area contributed by atoms with Gasteiger partial charge in [0.25, 0.3) is 5.91 Å². The van der Waals surface area contributed by atoms with Crippen LogP contribution in [0.3, 0.4) is 0 Å². The van der Waals surface area contributed by atoms with Crippen molar-refractivity contribution in [3.63, 3.8) is 0 Å². The van der Waals surface area contributed by atoms with Gasteiger partial charge in [-0.15, -0.1) is 0 Å². The van der Waals surface area contributed by atoms with Crippen LogP contribution in [0.15, 0.2) is 18.2 Å². The Morgan fingerprint density at radius 2 is 2.16 bits per heavy atom. The van der Waals surface area contributed by atoms with Gasteiger partial charge in [-0.2, -0.15) is 0 Å². The third kappa shape index (κ3) is 2.98. The highest BCUT2D eigenvalue weighted by molar-refractivity contribution is 6.04. The van der Waals surface area contributed by atoms with E-state index in [1.807, 2.05) is 6.92 Å². The Hall–Kier alpha value is -1.75. The summed E-state index contributed by atoms with van der Waals surface area (Å²) in [5, 5.41) is 2.58. The van der Waals surface area contributed by atoms with Crippen molar-refractivity contribution in [2.24, 2.45) is 5.92 Å². The van der Waals surface area contributed by atoms with E-state index in [2.05, 4.69) is 5.32 Å². The molecule has 1 N–H and O–H groups in total. The first kappa shape index (κ1) is 13.7. The number of halogens is 1. The number of hydrogen-bond donors (Lipinski definition) is 1. The quantitative estimate of drug-likeness (QED) is 0.854. The van der Waals surface area contributed by atoms with E-state index < -0.39 is 11.9 Å². The van der Waals surface area contributed by atoms with E-state index in [0.29, 0.717) is 12.2 Å². The molecule has 1 aliphatic heterocycles. The molecule has 0 bridgehead atoms. The minimum Gasteiger partial charge on any atom is -0.368 e. The molecular formula is C14H16FNO3. The van der Waals surface area contributed by atoms with Crippen molar-refractivity contribution >= 4 is 17.4 Å². The Morgan fingerprint density at radius 3 is 2.74 bits per heavy atom. The predicted octanol–water partition coefficient (Wildman–Crippen LogP) is 2.39. The molecule has 0 radical (unpaired) electrons. The van der Waals surface area contributed by atoms with Gasteiger partial charge in [0.2, 0.25) is 0 Å². The summed E-state index contributed by atoms with van der Waals surface area (Å²) >= 11 is 0. The summed E-state index contributed by atoms with van der Waals surface area (Å²) in [5.41, 5.74) is 0.487. The van der Waals surface area contributed by atoms with E-state index in [-0.39, 0.29) is 23.3 Å². The molecule has 2 atom stereocenters. The third-order valence-electron chi connectivity index (χ3n) is 3.26. The van der Waals surface area contributed by atoms with Gasteiger partial charge in [-0.3, -0.25) is 9.59 Å². The minimum atomic E-state index is -0.539. The van der Waals surface area contributed by atoms with Gasteiger partial charge in [-0.1, -0.05) is 6.92 Å². The smallest absolute Gasteiger partial charge is 0.253 e. The number of ether oxygens (including phenoxy) is 1. The molecule has 1 heterocycles. The van der Waals surface area contributed by atoms with Crippen LogP contribution in [0.4, 0.5) is 10.1 Å². The van der Waals surface area contributed by atoms with Crippen LogP contribution in [-0.2, 0) is 9.53 Å². The Labute approximate surface area is 110 Å². The van der Waals surface area contributed by atoms with E-state index in [1.165, 1.54) is 19.1 Å². The zero-order valence-corrected chi connectivity index (χ0v) is 10.9. The molecule has 2 rings (SSSR count). The molecular weight excluding hydrogens is 249 g/mol. The number of benzene rings is 1. The lowest BCUT2D eigenvalue weighted by molar-refractivity contribution is -0.126. The minimum absolute atomic E-state index is 0.120. The summed E-state index contributed by atoms with van der Waals surface area (Å²) in [6.07, 6.45) is 0.281. The van der Waals surface area contributed by atoms with Crippen LogP contribution in [-0.4, -0.2) is 24.4 Å². The molecule has 4 nitrogen and oxygen atoms in total. The highest BCUT2D eigenvalue weighted by atomic mass is 19.1. The summed E-state index contributed by atoms with van der Waals surface area (Å²) in [5.74, 6) is -0.941. The second kappa shape index (κ2) is 5.48. The van der Waals surface area contributed by atoms with Crippen LogP contribution in [0.5, 0.6) is 0 Å². The van der Waals surface area contributed by atoms with Crippen LogP contribution in [0.25, 0.3) is 0 Å². The van der Waals surface area contributed by atoms with Crippen LogP contribution >= 0.6 is 0 Å². The second-order valence-corrected chi connectivity index (χ2v) is 4.79. The van der Waals surface area contributed by atoms with Gasteiger partial charge >= 0.3 is 0 Å². The fraction of sp³-hybridized carbons (Fsp3) is 0.429. The monoisotopic (exact) mass is 265 g/mol. The SMILES string of the molecule is CC(=O)c1ccc(F)cc1NC(=O)[C@@H]1OCC[C@@H]1C. The molecule has 0 aliphatic carbocycles. The molecule has 1 amide bonds. The van der Waals surface area contributed by atoms with Crippen LogP contribution in [0.2, 0.25) is 0 Å². The van der Waals surface area contributed by atoms with Crippen molar-refractivity contribution in [1.82, 2.24) is 0 Å². The summed E-state index contributed by atoms with van der Waals surface area (Å²) in [6.45, 7) is 3.84. The zero-order valence-electron chi connectivity index (χ0n) is 10.9. The van der Waals surface area contributed by atoms with Gasteiger partial charge in [0.1, 0.15) is 11.9 Å². The largest absolute Gasteiger partial charge is 0.368 e. The molecule has 0 unspecified atom stereocenters. The lowest BCUT2D eigenvalue weighted by Crippen LogP contribution is -2.31. The van der Waals surface area contributed by atoms with Gasteiger partial charge in [-0.25, -0.2) is 4.39 Å². The maximum Gasteiger partial charge on any atom is 0.253 e. The lowest BCUT2D eigenvalue weighted by atomic mass is 10.0. The maximum atomic E-state index is 13.2. The van der Waals surface area contributed by atoms with E-state index in [4.69, 9.17) is 4.74 Å². The molecule has 19 heavy (non-hydrogen) atoms. The number of ketones is 1. The lowest BCUT2D eigenvalue weighted by Gasteiger charge is -2.16. The normalized spacial score (nSPS) is 22.3. The Bertz CT molecular complexity index is 515. The standard InChI is InChI=1S/C14H16FNO3/c1-8-5-6-19-13(8)14(18)16-12-7-10(15)3-4-11(12)9(2)17/h3-4,7-8,13H,5-6H2,1-2H3,(H,16,18)/t8-,13+/m0/s1. The van der Waals surface area contributed by atoms with Crippen molar-refractivity contribution in [2.45, 2.75) is 26.4 Å². The number of carbonyl (C=O) groups is 2. The topological polar surface area (TPSA) is 55.4 Å². The first-order valence-corrected chi connectivity index (χ1v) is 6.22. The summed E-state index contributed by atoms with van der Waals surface area (Å²) in [7, 11) is 0. The number of Topliss-reactive ketones (excluding diaryl/α,β-unsaturated/α-hetero) is 1. The van der Waals surface area contributed by atoms with Gasteiger partial charge in [0.05, 0.1) is 5.69 Å². The van der Waals surface area contributed by atoms with E-state index >= 15 is 0 Å². The van der Waals surface area contributed by atoms with Crippen molar-refractivity contribution in [2.75, 3.05) is 11.9 Å². The van der Waals surface area contributed by atoms with Gasteiger partial charge < -0.3 is 10.1 Å². The van der Waals surface area contributed by atoms with Crippen LogP contribution in [0.1, 0.15) is 30.6 Å². The van der Waals surface area contributed by atoms with Crippen LogP contribution in [0, 0.1) is 11.7 Å². The Kier molecular flexibility index (Phi) is 3.95. The molecule has 1 fully saturated rings. The maximum absolute atomic E-state index is 13.2. The first-order chi connectivity index (χ1) is 8.99. The third-order valence-corrected chi connectivity index (χ3v) is 3.26. The first-order valence-electron chi connectivity index (χ1n) is 6.22. The van der Waals surface area contributed by atoms with Gasteiger partial charge in [-0.05, 0) is 37.5 Å². The second-order valence-electron chi connectivity index (χ2n) is 4.79. The van der Waals surface area contributed by atoms with Crippen molar-refractivity contribution < 1.29 is 18.7 Å². The summed E-state index contributed by atoms with van der Waals surface area (Å²) in [6, 6.07) is 3.71. The molecule has 0 aromatic heterocycles. The number of rotatable bonds is 3. The molecule has 0 saturated carbocycles. The molecule has 1 aliphatic rings. The number of amides is 1. The average molecular weight is 265 g/mol. The number of nitrogens with one attached hydrogen (secondary N) is 1. The van der Waals surface area contributed by atoms with Crippen molar-refractivity contribution in [3.05, 3.63) is 29.6 Å². The number of anilines is 1. The van der Waals surface area contributed by atoms with E-state index in [9.17, 15) is 14.0 Å². The molecule has 1 saturated heterocycles. The van der Waals surface area contributed by atoms with Crippen LogP contribution < -0.4 is 5.32 Å². The molecule has 102 valence electrons. The zero-order chi connectivity index (χ0) is 14.0. The molecule has 1 aromatic rings. The Morgan fingerprint density at radius 1 is 1.42 bits per heavy atom. The highest BCUT2D eigenvalue weighted by Crippen LogP contribution is 2.23. The summed E-state index contributed by atoms with van der Waals surface area (Å²) in [4.78, 5) is 23.5. The molecule has 1 aromatic carbocycles. The highest BCUT2D eigenvalue weighted by Gasteiger charge is 2.31. The van der Waals surface area contributed by atoms with Gasteiger partial charge in [0, 0.05) is 12.2 Å². The number of hydrogen-bond acceptors (Lipinski definition) is 3. The molecule has 0 spiro atoms. The number of carbonyl (C=O) groups excluding carboxylic acids is 2. The molecule has 5 heteroatoms. The van der Waals surface area contributed by atoms with E-state index in [1.54, 1.807) is 0 Å². The fourth-order valence-electron chi connectivity index (χ4n) is 2.16. The Balaban J connectivity index is 2.20.